The van der Waals surface area contributed by atoms with Gasteiger partial charge in [-0.15, -0.1) is 4.91 Å². The van der Waals surface area contributed by atoms with E-state index in [1.165, 1.54) is 5.34 Å². The number of hydrogen-bond acceptors (Lipinski definition) is 3. The van der Waals surface area contributed by atoms with Gasteiger partial charge in [-0.2, -0.15) is 0 Å². The molecule has 0 aliphatic heterocycles. The summed E-state index contributed by atoms with van der Waals surface area (Å²) in [6, 6.07) is 0.634. The molecule has 0 amide bonds. The molecular formula is C4H12N2O2. The first-order chi connectivity index (χ1) is 3.68. The van der Waals surface area contributed by atoms with Crippen molar-refractivity contribution in [2.45, 2.75) is 19.9 Å². The Morgan fingerprint density at radius 1 is 1.62 bits per heavy atom. The standard InChI is InChI=1S/C4H11N.HNO2/c1-4(2)5-3;2-1-3/h4-5H,1-3H3;(H,2,3). The van der Waals surface area contributed by atoms with E-state index >= 15 is 0 Å². The summed E-state index contributed by atoms with van der Waals surface area (Å²) < 4.78 is 0. The van der Waals surface area contributed by atoms with Crippen LogP contribution in [0.2, 0.25) is 0 Å². The van der Waals surface area contributed by atoms with Crippen LogP contribution in [0, 0.1) is 4.91 Å². The van der Waals surface area contributed by atoms with Crippen LogP contribution in [-0.4, -0.2) is 18.3 Å². The molecule has 0 radical (unpaired) electrons. The quantitative estimate of drug-likeness (QED) is 0.396. The highest BCUT2D eigenvalue weighted by atomic mass is 16.6. The predicted octanol–water partition coefficient (Wildman–Crippen LogP) is 0.756. The molecule has 0 saturated heterocycles. The summed E-state index contributed by atoms with van der Waals surface area (Å²) in [6.45, 7) is 4.22. The lowest BCUT2D eigenvalue weighted by Gasteiger charge is -1.95. The lowest BCUT2D eigenvalue weighted by molar-refractivity contribution is 0.312. The van der Waals surface area contributed by atoms with E-state index in [9.17, 15) is 0 Å². The van der Waals surface area contributed by atoms with Crippen LogP contribution in [0.1, 0.15) is 13.8 Å². The summed E-state index contributed by atoms with van der Waals surface area (Å²) in [7, 11) is 1.95. The average Bonchev–Trinajstić information content (AvgIpc) is 1.69. The Morgan fingerprint density at radius 3 is 1.75 bits per heavy atom. The summed E-state index contributed by atoms with van der Waals surface area (Å²) in [5.74, 6) is 0. The van der Waals surface area contributed by atoms with Crippen LogP contribution in [0.3, 0.4) is 0 Å². The van der Waals surface area contributed by atoms with Crippen molar-refractivity contribution >= 4 is 0 Å². The Labute approximate surface area is 48.8 Å². The van der Waals surface area contributed by atoms with Crippen LogP contribution in [0.25, 0.3) is 0 Å². The Hall–Kier alpha value is -0.640. The highest BCUT2D eigenvalue weighted by Crippen LogP contribution is 1.66. The average molecular weight is 120 g/mol. The fraction of sp³-hybridized carbons (Fsp3) is 1.00. The molecule has 0 bridgehead atoms. The van der Waals surface area contributed by atoms with Crippen molar-refractivity contribution in [3.05, 3.63) is 4.91 Å². The van der Waals surface area contributed by atoms with Gasteiger partial charge in [-0.25, -0.2) is 0 Å². The molecule has 0 aromatic heterocycles. The largest absolute Gasteiger partial charge is 0.379 e. The van der Waals surface area contributed by atoms with Crippen LogP contribution in [0.5, 0.6) is 0 Å². The Kier molecular flexibility index (Phi) is 12.5. The van der Waals surface area contributed by atoms with Crippen LogP contribution < -0.4 is 5.32 Å². The first kappa shape index (κ1) is 10.4. The van der Waals surface area contributed by atoms with E-state index in [2.05, 4.69) is 19.2 Å². The maximum atomic E-state index is 8.11. The first-order valence-corrected chi connectivity index (χ1v) is 2.33. The number of rotatable bonds is 1. The lowest BCUT2D eigenvalue weighted by Crippen LogP contribution is -2.15. The maximum Gasteiger partial charge on any atom is 0.152 e. The Bertz CT molecular complexity index is 47.3. The third-order valence-corrected chi connectivity index (χ3v) is 0.577. The fourth-order valence-electron chi connectivity index (χ4n) is 0. The normalized spacial score (nSPS) is 7.50. The van der Waals surface area contributed by atoms with E-state index in [1.807, 2.05) is 7.05 Å². The molecule has 50 valence electrons. The van der Waals surface area contributed by atoms with Crippen molar-refractivity contribution in [3.63, 3.8) is 0 Å². The molecule has 0 aliphatic carbocycles. The van der Waals surface area contributed by atoms with Crippen molar-refractivity contribution in [2.24, 2.45) is 5.34 Å². The van der Waals surface area contributed by atoms with Crippen molar-refractivity contribution < 1.29 is 5.21 Å². The molecule has 0 aromatic rings. The molecule has 0 aliphatic rings. The van der Waals surface area contributed by atoms with Gasteiger partial charge in [0.25, 0.3) is 0 Å². The predicted molar refractivity (Wildman–Crippen MR) is 31.8 cm³/mol. The molecule has 0 saturated carbocycles. The zero-order chi connectivity index (χ0) is 6.99. The van der Waals surface area contributed by atoms with Gasteiger partial charge in [-0.3, -0.25) is 0 Å². The third-order valence-electron chi connectivity index (χ3n) is 0.577. The summed E-state index contributed by atoms with van der Waals surface area (Å²) in [6.07, 6.45) is 0. The van der Waals surface area contributed by atoms with E-state index < -0.39 is 0 Å². The second kappa shape index (κ2) is 9.61. The minimum atomic E-state index is 0.634. The minimum absolute atomic E-state index is 0.634. The summed E-state index contributed by atoms with van der Waals surface area (Å²) in [5.41, 5.74) is 0. The lowest BCUT2D eigenvalue weighted by atomic mass is 10.4. The van der Waals surface area contributed by atoms with Crippen molar-refractivity contribution in [1.82, 2.24) is 5.32 Å². The van der Waals surface area contributed by atoms with Gasteiger partial charge in [0.05, 0.1) is 0 Å². The van der Waals surface area contributed by atoms with E-state index in [1.54, 1.807) is 0 Å². The van der Waals surface area contributed by atoms with Crippen molar-refractivity contribution in [3.8, 4) is 0 Å². The summed E-state index contributed by atoms with van der Waals surface area (Å²) in [5, 5.41) is 10.9. The molecule has 0 rings (SSSR count). The molecular weight excluding hydrogens is 108 g/mol. The fourth-order valence-corrected chi connectivity index (χ4v) is 0. The molecule has 0 heterocycles. The molecule has 0 unspecified atom stereocenters. The summed E-state index contributed by atoms with van der Waals surface area (Å²) >= 11 is 0. The Balaban J connectivity index is 0. The number of nitrogens with zero attached hydrogens (tertiary/aromatic N) is 1. The van der Waals surface area contributed by atoms with E-state index in [0.29, 0.717) is 6.04 Å². The third kappa shape index (κ3) is 55.1. The van der Waals surface area contributed by atoms with Gasteiger partial charge in [0, 0.05) is 6.04 Å². The first-order valence-electron chi connectivity index (χ1n) is 2.33. The SMILES string of the molecule is CNC(C)C.O=NO. The van der Waals surface area contributed by atoms with Crippen molar-refractivity contribution in [1.29, 1.82) is 0 Å². The Morgan fingerprint density at radius 2 is 1.75 bits per heavy atom. The second-order valence-electron chi connectivity index (χ2n) is 1.53. The van der Waals surface area contributed by atoms with Gasteiger partial charge in [-0.1, -0.05) is 13.8 Å². The molecule has 0 atom stereocenters. The highest BCUT2D eigenvalue weighted by Gasteiger charge is 1.76. The topological polar surface area (TPSA) is 61.7 Å². The molecule has 4 nitrogen and oxygen atoms in total. The maximum absolute atomic E-state index is 8.11. The van der Waals surface area contributed by atoms with Crippen LogP contribution in [0.4, 0.5) is 0 Å². The van der Waals surface area contributed by atoms with Crippen LogP contribution in [-0.2, 0) is 0 Å². The zero-order valence-electron chi connectivity index (χ0n) is 5.38. The van der Waals surface area contributed by atoms with E-state index in [4.69, 9.17) is 10.1 Å². The van der Waals surface area contributed by atoms with Gasteiger partial charge in [0.15, 0.2) is 5.34 Å². The van der Waals surface area contributed by atoms with Gasteiger partial charge < -0.3 is 10.5 Å². The molecule has 0 fully saturated rings. The second-order valence-corrected chi connectivity index (χ2v) is 1.53. The molecule has 0 aromatic carbocycles. The van der Waals surface area contributed by atoms with E-state index in [-0.39, 0.29) is 0 Å². The van der Waals surface area contributed by atoms with Crippen LogP contribution in [0.15, 0.2) is 5.34 Å². The minimum Gasteiger partial charge on any atom is -0.379 e. The summed E-state index contributed by atoms with van der Waals surface area (Å²) in [4.78, 5) is 8.11. The number of hydrogen-bond donors (Lipinski definition) is 2. The molecule has 4 heteroatoms. The number of nitrogens with one attached hydrogen (secondary N) is 1. The monoisotopic (exact) mass is 120 g/mol. The molecule has 0 spiro atoms. The smallest absolute Gasteiger partial charge is 0.152 e. The molecule has 8 heavy (non-hydrogen) atoms. The van der Waals surface area contributed by atoms with Gasteiger partial charge in [-0.05, 0) is 7.05 Å². The van der Waals surface area contributed by atoms with Gasteiger partial charge >= 0.3 is 0 Å². The van der Waals surface area contributed by atoms with Crippen molar-refractivity contribution in [2.75, 3.05) is 7.05 Å². The van der Waals surface area contributed by atoms with Gasteiger partial charge in [0.2, 0.25) is 0 Å². The van der Waals surface area contributed by atoms with Gasteiger partial charge in [0.1, 0.15) is 0 Å². The van der Waals surface area contributed by atoms with Crippen LogP contribution >= 0.6 is 0 Å². The molecule has 2 N–H and O–H groups in total. The highest BCUT2D eigenvalue weighted by molar-refractivity contribution is 4.40. The zero-order valence-corrected chi connectivity index (χ0v) is 5.38. The van der Waals surface area contributed by atoms with E-state index in [0.717, 1.165) is 0 Å².